The molecule has 0 atom stereocenters. The summed E-state index contributed by atoms with van der Waals surface area (Å²) in [6, 6.07) is 0. The Hall–Kier alpha value is -0.610. The summed E-state index contributed by atoms with van der Waals surface area (Å²) < 4.78 is 5.01. The van der Waals surface area contributed by atoms with Crippen LogP contribution in [0.25, 0.3) is 0 Å². The molecule has 4 heteroatoms. The number of amides is 1. The van der Waals surface area contributed by atoms with Crippen LogP contribution >= 0.6 is 0 Å². The van der Waals surface area contributed by atoms with Gasteiger partial charge in [-0.15, -0.1) is 0 Å². The van der Waals surface area contributed by atoms with Gasteiger partial charge < -0.3 is 15.0 Å². The summed E-state index contributed by atoms with van der Waals surface area (Å²) in [6.07, 6.45) is 0.750. The zero-order valence-electron chi connectivity index (χ0n) is 7.17. The van der Waals surface area contributed by atoms with Crippen LogP contribution in [0.1, 0.15) is 0 Å². The fourth-order valence-corrected chi connectivity index (χ4v) is 0.516. The van der Waals surface area contributed by atoms with E-state index < -0.39 is 0 Å². The Morgan fingerprint density at radius 1 is 1.36 bits per heavy atom. The summed E-state index contributed by atoms with van der Waals surface area (Å²) in [5.74, 6) is 0. The number of nitrogens with one attached hydrogen (secondary N) is 1. The molecule has 0 aromatic heterocycles. The lowest BCUT2D eigenvalue weighted by Gasteiger charge is -2.10. The summed E-state index contributed by atoms with van der Waals surface area (Å²) in [5.41, 5.74) is 0. The van der Waals surface area contributed by atoms with E-state index in [1.165, 1.54) is 4.90 Å². The number of nitrogens with zero attached hydrogens (tertiary/aromatic N) is 1. The molecule has 0 spiro atoms. The summed E-state index contributed by atoms with van der Waals surface area (Å²) in [4.78, 5) is 10.9. The van der Waals surface area contributed by atoms with Gasteiger partial charge in [-0.1, -0.05) is 0 Å². The SMILES string of the molecule is C1COCCN1.CN(C)C=O. The molecule has 0 aliphatic carbocycles. The molecular formula is C7H16N2O2. The molecule has 1 fully saturated rings. The van der Waals surface area contributed by atoms with Crippen molar-refractivity contribution in [2.24, 2.45) is 0 Å². The Morgan fingerprint density at radius 3 is 1.91 bits per heavy atom. The Labute approximate surface area is 67.5 Å². The second-order valence-corrected chi connectivity index (χ2v) is 2.43. The van der Waals surface area contributed by atoms with Crippen molar-refractivity contribution in [3.8, 4) is 0 Å². The predicted octanol–water partition coefficient (Wildman–Crippen LogP) is -0.689. The van der Waals surface area contributed by atoms with E-state index in [2.05, 4.69) is 5.32 Å². The first-order chi connectivity index (χ1) is 5.27. The highest BCUT2D eigenvalue weighted by atomic mass is 16.5. The first kappa shape index (κ1) is 10.4. The van der Waals surface area contributed by atoms with Gasteiger partial charge in [0.05, 0.1) is 13.2 Å². The molecule has 0 radical (unpaired) electrons. The topological polar surface area (TPSA) is 41.6 Å². The van der Waals surface area contributed by atoms with E-state index in [9.17, 15) is 4.79 Å². The predicted molar refractivity (Wildman–Crippen MR) is 43.4 cm³/mol. The number of ether oxygens (including phenoxy) is 1. The molecule has 66 valence electrons. The molecule has 0 saturated carbocycles. The second-order valence-electron chi connectivity index (χ2n) is 2.43. The molecule has 0 unspecified atom stereocenters. The van der Waals surface area contributed by atoms with E-state index >= 15 is 0 Å². The van der Waals surface area contributed by atoms with Crippen LogP contribution in [0.15, 0.2) is 0 Å². The van der Waals surface area contributed by atoms with Crippen LogP contribution in [-0.4, -0.2) is 51.7 Å². The van der Waals surface area contributed by atoms with Crippen molar-refractivity contribution in [1.82, 2.24) is 10.2 Å². The second kappa shape index (κ2) is 7.50. The Morgan fingerprint density at radius 2 is 1.82 bits per heavy atom. The van der Waals surface area contributed by atoms with E-state index in [0.29, 0.717) is 0 Å². The number of carbonyl (C=O) groups is 1. The van der Waals surface area contributed by atoms with E-state index in [1.54, 1.807) is 14.1 Å². The largest absolute Gasteiger partial charge is 0.379 e. The van der Waals surface area contributed by atoms with Gasteiger partial charge in [0.1, 0.15) is 0 Å². The molecule has 1 rings (SSSR count). The van der Waals surface area contributed by atoms with Crippen molar-refractivity contribution < 1.29 is 9.53 Å². The minimum atomic E-state index is 0.750. The summed E-state index contributed by atoms with van der Waals surface area (Å²) in [5, 5.41) is 3.16. The summed E-state index contributed by atoms with van der Waals surface area (Å²) >= 11 is 0. The maximum atomic E-state index is 9.43. The third kappa shape index (κ3) is 9.39. The monoisotopic (exact) mass is 160 g/mol. The average molecular weight is 160 g/mol. The first-order valence-corrected chi connectivity index (χ1v) is 3.67. The highest BCUT2D eigenvalue weighted by Gasteiger charge is 1.92. The van der Waals surface area contributed by atoms with Crippen molar-refractivity contribution >= 4 is 6.41 Å². The van der Waals surface area contributed by atoms with E-state index in [-0.39, 0.29) is 0 Å². The van der Waals surface area contributed by atoms with Gasteiger partial charge in [-0.25, -0.2) is 0 Å². The lowest BCUT2D eigenvalue weighted by atomic mass is 10.5. The van der Waals surface area contributed by atoms with Gasteiger partial charge in [0, 0.05) is 27.2 Å². The summed E-state index contributed by atoms with van der Waals surface area (Å²) in [7, 11) is 3.38. The number of morpholine rings is 1. The molecule has 1 N–H and O–H groups in total. The molecule has 0 aromatic carbocycles. The van der Waals surface area contributed by atoms with Gasteiger partial charge in [0.2, 0.25) is 6.41 Å². The van der Waals surface area contributed by atoms with Gasteiger partial charge in [0.15, 0.2) is 0 Å². The third-order valence-corrected chi connectivity index (χ3v) is 1.06. The minimum absolute atomic E-state index is 0.750. The average Bonchev–Trinajstić information content (AvgIpc) is 2.09. The standard InChI is InChI=1S/C4H9NO.C3H7NO/c1-3-6-4-2-5-1;1-4(2)3-5/h5H,1-4H2;3H,1-2H3. The smallest absolute Gasteiger partial charge is 0.209 e. The van der Waals surface area contributed by atoms with Crippen LogP contribution in [0.3, 0.4) is 0 Å². The Bertz CT molecular complexity index is 80.9. The van der Waals surface area contributed by atoms with Crippen molar-refractivity contribution in [2.45, 2.75) is 0 Å². The molecule has 1 aliphatic heterocycles. The summed E-state index contributed by atoms with van der Waals surface area (Å²) in [6.45, 7) is 3.83. The first-order valence-electron chi connectivity index (χ1n) is 3.67. The van der Waals surface area contributed by atoms with E-state index in [0.717, 1.165) is 32.7 Å². The number of hydrogen-bond acceptors (Lipinski definition) is 3. The Balaban J connectivity index is 0.000000187. The van der Waals surface area contributed by atoms with Crippen LogP contribution in [0.5, 0.6) is 0 Å². The fourth-order valence-electron chi connectivity index (χ4n) is 0.516. The maximum Gasteiger partial charge on any atom is 0.209 e. The highest BCUT2D eigenvalue weighted by molar-refractivity contribution is 5.45. The minimum Gasteiger partial charge on any atom is -0.379 e. The maximum absolute atomic E-state index is 9.43. The molecule has 1 aliphatic rings. The van der Waals surface area contributed by atoms with Crippen LogP contribution in [0.4, 0.5) is 0 Å². The zero-order chi connectivity index (χ0) is 8.53. The quantitative estimate of drug-likeness (QED) is 0.516. The number of carbonyl (C=O) groups excluding carboxylic acids is 1. The number of hydrogen-bond donors (Lipinski definition) is 1. The normalized spacial score (nSPS) is 16.2. The van der Waals surface area contributed by atoms with E-state index in [4.69, 9.17) is 4.74 Å². The van der Waals surface area contributed by atoms with E-state index in [1.807, 2.05) is 0 Å². The molecule has 1 heterocycles. The molecule has 1 saturated heterocycles. The third-order valence-electron chi connectivity index (χ3n) is 1.06. The van der Waals surface area contributed by atoms with Crippen LogP contribution in [0.2, 0.25) is 0 Å². The molecule has 0 aromatic rings. The van der Waals surface area contributed by atoms with Gasteiger partial charge in [-0.05, 0) is 0 Å². The molecule has 0 bridgehead atoms. The van der Waals surface area contributed by atoms with Crippen molar-refractivity contribution in [2.75, 3.05) is 40.4 Å². The molecule has 11 heavy (non-hydrogen) atoms. The van der Waals surface area contributed by atoms with Gasteiger partial charge in [-0.2, -0.15) is 0 Å². The highest BCUT2D eigenvalue weighted by Crippen LogP contribution is 1.76. The lowest BCUT2D eigenvalue weighted by molar-refractivity contribution is -0.115. The Kier molecular flexibility index (Phi) is 7.08. The van der Waals surface area contributed by atoms with Crippen molar-refractivity contribution in [1.29, 1.82) is 0 Å². The number of rotatable bonds is 1. The zero-order valence-corrected chi connectivity index (χ0v) is 7.17. The lowest BCUT2D eigenvalue weighted by Crippen LogP contribution is -2.30. The van der Waals surface area contributed by atoms with Gasteiger partial charge in [-0.3, -0.25) is 4.79 Å². The van der Waals surface area contributed by atoms with Crippen LogP contribution < -0.4 is 5.32 Å². The fraction of sp³-hybridized carbons (Fsp3) is 0.857. The van der Waals surface area contributed by atoms with Crippen LogP contribution in [0, 0.1) is 0 Å². The van der Waals surface area contributed by atoms with Gasteiger partial charge in [0.25, 0.3) is 0 Å². The molecule has 1 amide bonds. The van der Waals surface area contributed by atoms with Crippen molar-refractivity contribution in [3.05, 3.63) is 0 Å². The van der Waals surface area contributed by atoms with Crippen molar-refractivity contribution in [3.63, 3.8) is 0 Å². The molecular weight excluding hydrogens is 144 g/mol. The van der Waals surface area contributed by atoms with Gasteiger partial charge >= 0.3 is 0 Å². The molecule has 4 nitrogen and oxygen atoms in total. The van der Waals surface area contributed by atoms with Crippen LogP contribution in [-0.2, 0) is 9.53 Å².